The SMILES string of the molecule is CCN(CC)c1ccc(N2C(=O)NC(=O)C(=Cc3ccc(OC)cc3OC)C2=O)cc1. The van der Waals surface area contributed by atoms with Gasteiger partial charge in [-0.1, -0.05) is 0 Å². The van der Waals surface area contributed by atoms with Crippen LogP contribution in [-0.4, -0.2) is 45.2 Å². The average molecular weight is 423 g/mol. The summed E-state index contributed by atoms with van der Waals surface area (Å²) in [6.07, 6.45) is 1.40. The number of anilines is 2. The molecular weight excluding hydrogens is 398 g/mol. The molecule has 2 aromatic carbocycles. The fourth-order valence-electron chi connectivity index (χ4n) is 3.39. The number of benzene rings is 2. The van der Waals surface area contributed by atoms with Crippen LogP contribution in [0.5, 0.6) is 11.5 Å². The number of rotatable bonds is 7. The topological polar surface area (TPSA) is 88.2 Å². The van der Waals surface area contributed by atoms with Gasteiger partial charge in [0.1, 0.15) is 17.1 Å². The number of carbonyl (C=O) groups is 3. The number of hydrogen-bond acceptors (Lipinski definition) is 6. The van der Waals surface area contributed by atoms with Crippen LogP contribution in [0.15, 0.2) is 48.0 Å². The Balaban J connectivity index is 1.97. The minimum atomic E-state index is -0.788. The fraction of sp³-hybridized carbons (Fsp3) is 0.261. The van der Waals surface area contributed by atoms with E-state index in [9.17, 15) is 14.4 Å². The van der Waals surface area contributed by atoms with Crippen molar-refractivity contribution in [3.63, 3.8) is 0 Å². The monoisotopic (exact) mass is 423 g/mol. The highest BCUT2D eigenvalue weighted by atomic mass is 16.5. The van der Waals surface area contributed by atoms with Gasteiger partial charge in [-0.3, -0.25) is 14.9 Å². The van der Waals surface area contributed by atoms with E-state index >= 15 is 0 Å². The van der Waals surface area contributed by atoms with Crippen molar-refractivity contribution in [1.82, 2.24) is 5.32 Å². The van der Waals surface area contributed by atoms with Crippen molar-refractivity contribution in [2.45, 2.75) is 13.8 Å². The zero-order chi connectivity index (χ0) is 22.5. The second-order valence-corrected chi connectivity index (χ2v) is 6.75. The molecule has 1 aliphatic rings. The van der Waals surface area contributed by atoms with Crippen molar-refractivity contribution in [2.75, 3.05) is 37.1 Å². The predicted molar refractivity (Wildman–Crippen MR) is 119 cm³/mol. The maximum Gasteiger partial charge on any atom is 0.335 e. The van der Waals surface area contributed by atoms with Crippen molar-refractivity contribution < 1.29 is 23.9 Å². The zero-order valence-electron chi connectivity index (χ0n) is 18.0. The second-order valence-electron chi connectivity index (χ2n) is 6.75. The van der Waals surface area contributed by atoms with Crippen LogP contribution in [0, 0.1) is 0 Å². The molecule has 162 valence electrons. The lowest BCUT2D eigenvalue weighted by Gasteiger charge is -2.27. The molecule has 0 bridgehead atoms. The van der Waals surface area contributed by atoms with Crippen LogP contribution in [-0.2, 0) is 9.59 Å². The molecule has 31 heavy (non-hydrogen) atoms. The number of ether oxygens (including phenoxy) is 2. The number of amides is 4. The number of methoxy groups -OCH3 is 2. The lowest BCUT2D eigenvalue weighted by Crippen LogP contribution is -2.54. The molecule has 1 aliphatic heterocycles. The minimum Gasteiger partial charge on any atom is -0.497 e. The Bertz CT molecular complexity index is 1030. The van der Waals surface area contributed by atoms with Gasteiger partial charge >= 0.3 is 6.03 Å². The average Bonchev–Trinajstić information content (AvgIpc) is 2.78. The number of barbiturate groups is 1. The summed E-state index contributed by atoms with van der Waals surface area (Å²) < 4.78 is 10.5. The van der Waals surface area contributed by atoms with E-state index in [0.717, 1.165) is 23.7 Å². The summed E-state index contributed by atoms with van der Waals surface area (Å²) in [6, 6.07) is 11.3. The molecule has 1 heterocycles. The normalized spacial score (nSPS) is 15.2. The Morgan fingerprint density at radius 3 is 2.23 bits per heavy atom. The molecule has 1 fully saturated rings. The Labute approximate surface area is 181 Å². The van der Waals surface area contributed by atoms with Crippen LogP contribution in [0.2, 0.25) is 0 Å². The number of carbonyl (C=O) groups excluding carboxylic acids is 3. The zero-order valence-corrected chi connectivity index (χ0v) is 18.0. The first-order valence-corrected chi connectivity index (χ1v) is 9.91. The molecule has 4 amide bonds. The Morgan fingerprint density at radius 1 is 0.968 bits per heavy atom. The van der Waals surface area contributed by atoms with Crippen molar-refractivity contribution in [2.24, 2.45) is 0 Å². The molecule has 1 N–H and O–H groups in total. The highest BCUT2D eigenvalue weighted by Crippen LogP contribution is 2.29. The highest BCUT2D eigenvalue weighted by molar-refractivity contribution is 6.39. The fourth-order valence-corrected chi connectivity index (χ4v) is 3.39. The number of nitrogens with one attached hydrogen (secondary N) is 1. The van der Waals surface area contributed by atoms with E-state index in [0.29, 0.717) is 22.7 Å². The summed E-state index contributed by atoms with van der Waals surface area (Å²) in [7, 11) is 3.01. The first kappa shape index (κ1) is 21.9. The molecule has 2 aromatic rings. The van der Waals surface area contributed by atoms with Crippen LogP contribution in [0.4, 0.5) is 16.2 Å². The van der Waals surface area contributed by atoms with Crippen molar-refractivity contribution in [3.8, 4) is 11.5 Å². The van der Waals surface area contributed by atoms with Crippen molar-refractivity contribution in [3.05, 3.63) is 53.6 Å². The van der Waals surface area contributed by atoms with E-state index in [2.05, 4.69) is 24.1 Å². The van der Waals surface area contributed by atoms with Gasteiger partial charge in [0.2, 0.25) is 0 Å². The summed E-state index contributed by atoms with van der Waals surface area (Å²) in [4.78, 5) is 41.1. The highest BCUT2D eigenvalue weighted by Gasteiger charge is 2.37. The summed E-state index contributed by atoms with van der Waals surface area (Å²) >= 11 is 0. The van der Waals surface area contributed by atoms with E-state index in [1.54, 1.807) is 30.3 Å². The smallest absolute Gasteiger partial charge is 0.335 e. The molecule has 0 spiro atoms. The predicted octanol–water partition coefficient (Wildman–Crippen LogP) is 3.22. The van der Waals surface area contributed by atoms with Gasteiger partial charge in [-0.25, -0.2) is 9.69 Å². The van der Waals surface area contributed by atoms with Gasteiger partial charge in [0.05, 0.1) is 19.9 Å². The van der Waals surface area contributed by atoms with Crippen LogP contribution in [0.1, 0.15) is 19.4 Å². The van der Waals surface area contributed by atoms with Gasteiger partial charge in [0.25, 0.3) is 11.8 Å². The van der Waals surface area contributed by atoms with E-state index < -0.39 is 17.8 Å². The van der Waals surface area contributed by atoms with Gasteiger partial charge in [-0.15, -0.1) is 0 Å². The molecule has 1 saturated heterocycles. The Morgan fingerprint density at radius 2 is 1.65 bits per heavy atom. The number of urea groups is 1. The minimum absolute atomic E-state index is 0.170. The summed E-state index contributed by atoms with van der Waals surface area (Å²) in [5, 5.41) is 2.23. The van der Waals surface area contributed by atoms with Gasteiger partial charge in [-0.2, -0.15) is 0 Å². The number of imide groups is 2. The molecule has 8 heteroatoms. The standard InChI is InChI=1S/C23H25N3O5/c1-5-25(6-2)16-8-10-17(11-9-16)26-22(28)19(21(27)24-23(26)29)13-15-7-12-18(30-3)14-20(15)31-4/h7-14H,5-6H2,1-4H3,(H,24,27,29). The van der Waals surface area contributed by atoms with E-state index in [-0.39, 0.29) is 5.57 Å². The lowest BCUT2D eigenvalue weighted by atomic mass is 10.1. The van der Waals surface area contributed by atoms with Crippen LogP contribution >= 0.6 is 0 Å². The van der Waals surface area contributed by atoms with Gasteiger partial charge < -0.3 is 14.4 Å². The molecule has 0 aliphatic carbocycles. The van der Waals surface area contributed by atoms with E-state index in [4.69, 9.17) is 9.47 Å². The quantitative estimate of drug-likeness (QED) is 0.544. The third kappa shape index (κ3) is 4.37. The molecule has 0 atom stereocenters. The van der Waals surface area contributed by atoms with Gasteiger partial charge in [0.15, 0.2) is 0 Å². The molecule has 0 unspecified atom stereocenters. The molecule has 3 rings (SSSR count). The molecule has 0 saturated carbocycles. The maximum absolute atomic E-state index is 13.1. The first-order valence-electron chi connectivity index (χ1n) is 9.91. The second kappa shape index (κ2) is 9.34. The van der Waals surface area contributed by atoms with E-state index in [1.807, 2.05) is 12.1 Å². The van der Waals surface area contributed by atoms with Crippen molar-refractivity contribution in [1.29, 1.82) is 0 Å². The molecule has 0 radical (unpaired) electrons. The lowest BCUT2D eigenvalue weighted by molar-refractivity contribution is -0.122. The number of hydrogen-bond donors (Lipinski definition) is 1. The van der Waals surface area contributed by atoms with Crippen molar-refractivity contribution >= 4 is 35.3 Å². The van der Waals surface area contributed by atoms with Crippen LogP contribution in [0.25, 0.3) is 6.08 Å². The Kier molecular flexibility index (Phi) is 6.59. The van der Waals surface area contributed by atoms with E-state index in [1.165, 1.54) is 20.3 Å². The first-order chi connectivity index (χ1) is 14.9. The summed E-state index contributed by atoms with van der Waals surface area (Å²) in [5.41, 5.74) is 1.69. The molecule has 0 aromatic heterocycles. The van der Waals surface area contributed by atoms with Crippen LogP contribution in [0.3, 0.4) is 0 Å². The summed E-state index contributed by atoms with van der Waals surface area (Å²) in [6.45, 7) is 5.78. The Hall–Kier alpha value is -3.81. The van der Waals surface area contributed by atoms with Gasteiger partial charge in [0, 0.05) is 30.4 Å². The molecule has 8 nitrogen and oxygen atoms in total. The van der Waals surface area contributed by atoms with Gasteiger partial charge in [-0.05, 0) is 56.3 Å². The number of nitrogens with zero attached hydrogens (tertiary/aromatic N) is 2. The third-order valence-corrected chi connectivity index (χ3v) is 5.08. The van der Waals surface area contributed by atoms with Crippen LogP contribution < -0.4 is 24.6 Å². The third-order valence-electron chi connectivity index (χ3n) is 5.08. The maximum atomic E-state index is 13.1. The summed E-state index contributed by atoms with van der Waals surface area (Å²) in [5.74, 6) is -0.464. The largest absolute Gasteiger partial charge is 0.497 e. The molecular formula is C23H25N3O5.